The highest BCUT2D eigenvalue weighted by Gasteiger charge is 2.27. The summed E-state index contributed by atoms with van der Waals surface area (Å²) in [7, 11) is 0. The molecule has 1 saturated carbocycles. The summed E-state index contributed by atoms with van der Waals surface area (Å²) in [6.07, 6.45) is 7.20. The monoisotopic (exact) mass is 253 g/mol. The lowest BCUT2D eigenvalue weighted by Crippen LogP contribution is -2.35. The molecule has 0 bridgehead atoms. The van der Waals surface area contributed by atoms with Gasteiger partial charge in [-0.25, -0.2) is 0 Å². The molecule has 0 aromatic rings. The number of rotatable bonds is 9. The Bertz CT molecular complexity index is 266. The van der Waals surface area contributed by atoms with E-state index in [0.717, 1.165) is 31.8 Å². The minimum atomic E-state index is -0.325. The zero-order valence-electron chi connectivity index (χ0n) is 12.7. The van der Waals surface area contributed by atoms with E-state index < -0.39 is 0 Å². The van der Waals surface area contributed by atoms with Gasteiger partial charge in [-0.2, -0.15) is 0 Å². The summed E-state index contributed by atoms with van der Waals surface area (Å²) in [5.74, 6) is 0.873. The molecule has 0 aromatic heterocycles. The summed E-state index contributed by atoms with van der Waals surface area (Å²) in [5.41, 5.74) is 3.30. The average molecular weight is 253 g/mol. The highest BCUT2D eigenvalue weighted by molar-refractivity contribution is 5.22. The van der Waals surface area contributed by atoms with Gasteiger partial charge in [0.05, 0.1) is 0 Å². The first-order chi connectivity index (χ1) is 8.63. The maximum absolute atomic E-state index is 9.86. The second-order valence-corrected chi connectivity index (χ2v) is 5.61. The van der Waals surface area contributed by atoms with Crippen molar-refractivity contribution in [3.8, 4) is 0 Å². The fraction of sp³-hybridized carbons (Fsp3) is 0.875. The van der Waals surface area contributed by atoms with Crippen LogP contribution in [0.4, 0.5) is 0 Å². The van der Waals surface area contributed by atoms with Crippen molar-refractivity contribution in [2.24, 2.45) is 5.92 Å². The number of hydrogen-bond donors (Lipinski definition) is 1. The van der Waals surface area contributed by atoms with Crippen LogP contribution in [-0.2, 0) is 0 Å². The molecule has 0 spiro atoms. The van der Waals surface area contributed by atoms with E-state index >= 15 is 0 Å². The molecular weight excluding hydrogens is 222 g/mol. The van der Waals surface area contributed by atoms with Crippen LogP contribution in [0.2, 0.25) is 0 Å². The van der Waals surface area contributed by atoms with Crippen molar-refractivity contribution in [3.63, 3.8) is 0 Å². The highest BCUT2D eigenvalue weighted by atomic mass is 16.3. The molecule has 0 radical (unpaired) electrons. The van der Waals surface area contributed by atoms with Crippen LogP contribution in [0.5, 0.6) is 0 Å². The molecular formula is C16H31NO. The molecule has 0 heterocycles. The lowest BCUT2D eigenvalue weighted by atomic mass is 9.96. The first kappa shape index (κ1) is 15.7. The minimum absolute atomic E-state index is 0.325. The van der Waals surface area contributed by atoms with Gasteiger partial charge >= 0.3 is 0 Å². The van der Waals surface area contributed by atoms with E-state index in [2.05, 4.69) is 25.7 Å². The van der Waals surface area contributed by atoms with E-state index in [1.54, 1.807) is 11.1 Å². The maximum Gasteiger partial charge on any atom is 0.104 e. The Balaban J connectivity index is 2.75. The van der Waals surface area contributed by atoms with Crippen LogP contribution in [0.1, 0.15) is 66.2 Å². The predicted molar refractivity (Wildman–Crippen MR) is 78.5 cm³/mol. The largest absolute Gasteiger partial charge is 0.379 e. The zero-order valence-corrected chi connectivity index (χ0v) is 12.7. The molecule has 1 unspecified atom stereocenters. The Kier molecular flexibility index (Phi) is 6.95. The third-order valence-corrected chi connectivity index (χ3v) is 3.90. The third-order valence-electron chi connectivity index (χ3n) is 3.90. The molecule has 106 valence electrons. The van der Waals surface area contributed by atoms with Crippen LogP contribution in [0.3, 0.4) is 0 Å². The number of hydrogen-bond acceptors (Lipinski definition) is 2. The third kappa shape index (κ3) is 4.74. The summed E-state index contributed by atoms with van der Waals surface area (Å²) in [5, 5.41) is 9.86. The number of aliphatic hydroxyl groups is 1. The summed E-state index contributed by atoms with van der Waals surface area (Å²) in [6, 6.07) is 0. The standard InChI is InChI=1S/C16H31NO/c1-5-8-16(15-9-10-15)14(7-3)12-17(11-6-2)13(4)18/h13,15,18H,5-12H2,1-4H3/b16-14-. The SMILES string of the molecule is CCC/C(=C(\CC)CN(CCC)C(C)O)C1CC1. The topological polar surface area (TPSA) is 23.5 Å². The lowest BCUT2D eigenvalue weighted by Gasteiger charge is -2.27. The van der Waals surface area contributed by atoms with Crippen molar-refractivity contribution in [1.82, 2.24) is 4.90 Å². The number of aliphatic hydroxyl groups excluding tert-OH is 1. The van der Waals surface area contributed by atoms with Gasteiger partial charge in [-0.15, -0.1) is 0 Å². The van der Waals surface area contributed by atoms with Gasteiger partial charge in [-0.05, 0) is 44.9 Å². The Morgan fingerprint density at radius 2 is 1.89 bits per heavy atom. The smallest absolute Gasteiger partial charge is 0.104 e. The average Bonchev–Trinajstić information content (AvgIpc) is 3.16. The van der Waals surface area contributed by atoms with Crippen molar-refractivity contribution in [2.75, 3.05) is 13.1 Å². The summed E-state index contributed by atoms with van der Waals surface area (Å²) in [6.45, 7) is 10.6. The molecule has 18 heavy (non-hydrogen) atoms. The van der Waals surface area contributed by atoms with Gasteiger partial charge in [0.15, 0.2) is 0 Å². The Morgan fingerprint density at radius 3 is 2.28 bits per heavy atom. The fourth-order valence-corrected chi connectivity index (χ4v) is 2.74. The van der Waals surface area contributed by atoms with Gasteiger partial charge in [-0.3, -0.25) is 4.90 Å². The van der Waals surface area contributed by atoms with Crippen LogP contribution >= 0.6 is 0 Å². The normalized spacial score (nSPS) is 19.0. The molecule has 0 saturated heterocycles. The molecule has 0 aromatic carbocycles. The van der Waals surface area contributed by atoms with Crippen molar-refractivity contribution in [1.29, 1.82) is 0 Å². The number of nitrogens with zero attached hydrogens (tertiary/aromatic N) is 1. The van der Waals surface area contributed by atoms with E-state index in [1.807, 2.05) is 6.92 Å². The first-order valence-corrected chi connectivity index (χ1v) is 7.76. The summed E-state index contributed by atoms with van der Waals surface area (Å²) in [4.78, 5) is 2.21. The Labute approximate surface area is 113 Å². The van der Waals surface area contributed by atoms with Crippen molar-refractivity contribution in [3.05, 3.63) is 11.1 Å². The number of allylic oxidation sites excluding steroid dienone is 1. The maximum atomic E-state index is 9.86. The second-order valence-electron chi connectivity index (χ2n) is 5.61. The molecule has 0 aliphatic heterocycles. The van der Waals surface area contributed by atoms with Gasteiger partial charge < -0.3 is 5.11 Å². The van der Waals surface area contributed by atoms with Crippen molar-refractivity contribution < 1.29 is 5.11 Å². The van der Waals surface area contributed by atoms with Gasteiger partial charge in [0.1, 0.15) is 6.23 Å². The predicted octanol–water partition coefficient (Wildman–Crippen LogP) is 3.95. The van der Waals surface area contributed by atoms with Gasteiger partial charge in [-0.1, -0.05) is 38.3 Å². The van der Waals surface area contributed by atoms with Crippen molar-refractivity contribution >= 4 is 0 Å². The molecule has 1 aliphatic rings. The van der Waals surface area contributed by atoms with Crippen LogP contribution in [0.25, 0.3) is 0 Å². The van der Waals surface area contributed by atoms with E-state index in [-0.39, 0.29) is 6.23 Å². The Morgan fingerprint density at radius 1 is 1.22 bits per heavy atom. The first-order valence-electron chi connectivity index (χ1n) is 7.76. The van der Waals surface area contributed by atoms with Crippen LogP contribution < -0.4 is 0 Å². The molecule has 1 fully saturated rings. The van der Waals surface area contributed by atoms with Crippen LogP contribution in [-0.4, -0.2) is 29.3 Å². The summed E-state index contributed by atoms with van der Waals surface area (Å²) >= 11 is 0. The summed E-state index contributed by atoms with van der Waals surface area (Å²) < 4.78 is 0. The molecule has 1 atom stereocenters. The lowest BCUT2D eigenvalue weighted by molar-refractivity contribution is 0.0248. The molecule has 1 aliphatic carbocycles. The van der Waals surface area contributed by atoms with E-state index in [0.29, 0.717) is 0 Å². The van der Waals surface area contributed by atoms with Gasteiger partial charge in [0.2, 0.25) is 0 Å². The molecule has 2 nitrogen and oxygen atoms in total. The van der Waals surface area contributed by atoms with Gasteiger partial charge in [0, 0.05) is 13.1 Å². The second kappa shape index (κ2) is 7.96. The minimum Gasteiger partial charge on any atom is -0.379 e. The molecule has 1 N–H and O–H groups in total. The van der Waals surface area contributed by atoms with Crippen LogP contribution in [0, 0.1) is 5.92 Å². The molecule has 0 amide bonds. The van der Waals surface area contributed by atoms with E-state index in [4.69, 9.17) is 0 Å². The Hall–Kier alpha value is -0.340. The fourth-order valence-electron chi connectivity index (χ4n) is 2.74. The quantitative estimate of drug-likeness (QED) is 0.497. The van der Waals surface area contributed by atoms with Gasteiger partial charge in [0.25, 0.3) is 0 Å². The van der Waals surface area contributed by atoms with E-state index in [1.165, 1.54) is 25.7 Å². The van der Waals surface area contributed by atoms with Crippen LogP contribution in [0.15, 0.2) is 11.1 Å². The highest BCUT2D eigenvalue weighted by Crippen LogP contribution is 2.41. The van der Waals surface area contributed by atoms with E-state index in [9.17, 15) is 5.11 Å². The molecule has 2 heteroatoms. The van der Waals surface area contributed by atoms with Crippen molar-refractivity contribution in [2.45, 2.75) is 72.4 Å². The zero-order chi connectivity index (χ0) is 13.5. The molecule has 1 rings (SSSR count).